The van der Waals surface area contributed by atoms with Crippen LogP contribution in [0.3, 0.4) is 0 Å². The summed E-state index contributed by atoms with van der Waals surface area (Å²) >= 11 is 0. The average molecular weight is 1020 g/mol. The van der Waals surface area contributed by atoms with Gasteiger partial charge in [-0.05, 0) is 68.4 Å². The number of nitrogens with zero attached hydrogens (tertiary/aromatic N) is 2. The standard InChI is InChI=1S/C50H65N7O16/c1-7-19-72-50(67)55-43(29(2)3)45(61)51-30(4)44(60)52-32-15-13-31(14-16-32)28-73-49(66)54-38-25-42(40(69-6)23-36(38)47(63)57-18-9-12-34(57)27-59)71-21-10-20-70-41-24-37(53-48(64)65)35(22-39(41)68-5)46(62)56-17-8-11-33(56)26-58/h7,13-16,22-25,29-30,33-34,43,53,58-59H,1,8-12,17-21,26-28H2,2-6H3,(H,51,61)(H,52,60)(H,54,66)(H,55,67)(H,64,65)/t30-,33-,34-,43-/m0/s1. The molecule has 23 heteroatoms. The summed E-state index contributed by atoms with van der Waals surface area (Å²) < 4.78 is 33.6. The minimum atomic E-state index is -1.40. The van der Waals surface area contributed by atoms with Gasteiger partial charge in [0.25, 0.3) is 11.8 Å². The van der Waals surface area contributed by atoms with E-state index in [-0.39, 0.29) is 97.5 Å². The molecule has 8 N–H and O–H groups in total. The summed E-state index contributed by atoms with van der Waals surface area (Å²) in [7, 11) is 2.76. The van der Waals surface area contributed by atoms with Gasteiger partial charge in [0.05, 0.1) is 75.2 Å². The van der Waals surface area contributed by atoms with Gasteiger partial charge < -0.3 is 69.5 Å². The molecule has 5 rings (SSSR count). The number of benzene rings is 3. The molecule has 7 amide bonds. The highest BCUT2D eigenvalue weighted by Gasteiger charge is 2.34. The zero-order valence-electron chi connectivity index (χ0n) is 41.5. The molecule has 0 aliphatic carbocycles. The van der Waals surface area contributed by atoms with Gasteiger partial charge in [-0.2, -0.15) is 0 Å². The molecule has 0 aromatic heterocycles. The lowest BCUT2D eigenvalue weighted by atomic mass is 10.0. The molecule has 73 heavy (non-hydrogen) atoms. The first kappa shape index (κ1) is 56.1. The maximum atomic E-state index is 14.0. The Hall–Kier alpha value is -7.79. The Balaban J connectivity index is 1.22. The second-order valence-corrected chi connectivity index (χ2v) is 17.4. The summed E-state index contributed by atoms with van der Waals surface area (Å²) in [4.78, 5) is 93.6. The smallest absolute Gasteiger partial charge is 0.411 e. The van der Waals surface area contributed by atoms with Crippen molar-refractivity contribution in [3.8, 4) is 23.0 Å². The van der Waals surface area contributed by atoms with Crippen molar-refractivity contribution in [3.63, 3.8) is 0 Å². The highest BCUT2D eigenvalue weighted by molar-refractivity contribution is 6.05. The number of likely N-dealkylation sites (tertiary alicyclic amines) is 2. The summed E-state index contributed by atoms with van der Waals surface area (Å²) in [6.07, 6.45) is 1.08. The van der Waals surface area contributed by atoms with E-state index in [9.17, 15) is 48.9 Å². The summed E-state index contributed by atoms with van der Waals surface area (Å²) in [5, 5.41) is 42.0. The van der Waals surface area contributed by atoms with Crippen LogP contribution < -0.4 is 45.5 Å². The van der Waals surface area contributed by atoms with Crippen molar-refractivity contribution in [2.24, 2.45) is 5.92 Å². The molecule has 2 aliphatic heterocycles. The molecule has 3 aromatic rings. The number of amides is 7. The van der Waals surface area contributed by atoms with Crippen LogP contribution in [0.15, 0.2) is 61.2 Å². The zero-order chi connectivity index (χ0) is 53.2. The number of rotatable bonds is 24. The Labute approximate surface area is 422 Å². The van der Waals surface area contributed by atoms with Crippen molar-refractivity contribution in [1.82, 2.24) is 20.4 Å². The van der Waals surface area contributed by atoms with Crippen LogP contribution in [0.4, 0.5) is 31.4 Å². The topological polar surface area (TPSA) is 302 Å². The fourth-order valence-corrected chi connectivity index (χ4v) is 8.10. The molecule has 396 valence electrons. The van der Waals surface area contributed by atoms with Crippen LogP contribution in [-0.4, -0.2) is 152 Å². The molecule has 2 heterocycles. The summed E-state index contributed by atoms with van der Waals surface area (Å²) in [5.74, 6) is -1.75. The van der Waals surface area contributed by atoms with Crippen LogP contribution in [0.25, 0.3) is 0 Å². The first-order chi connectivity index (χ1) is 35.0. The molecule has 23 nitrogen and oxygen atoms in total. The van der Waals surface area contributed by atoms with Crippen LogP contribution >= 0.6 is 0 Å². The van der Waals surface area contributed by atoms with Gasteiger partial charge in [-0.15, -0.1) is 0 Å². The van der Waals surface area contributed by atoms with Gasteiger partial charge in [0.15, 0.2) is 23.0 Å². The molecule has 0 saturated carbocycles. The number of aliphatic hydroxyl groups excluding tert-OH is 2. The number of carbonyl (C=O) groups excluding carboxylic acids is 6. The van der Waals surface area contributed by atoms with Crippen LogP contribution in [0.5, 0.6) is 23.0 Å². The molecule has 4 atom stereocenters. The number of ether oxygens (including phenoxy) is 6. The number of alkyl carbamates (subject to hydrolysis) is 1. The first-order valence-electron chi connectivity index (χ1n) is 23.7. The van der Waals surface area contributed by atoms with Crippen molar-refractivity contribution < 1.29 is 77.3 Å². The molecule has 3 aromatic carbocycles. The molecule has 2 fully saturated rings. The Morgan fingerprint density at radius 2 is 1.23 bits per heavy atom. The highest BCUT2D eigenvalue weighted by atomic mass is 16.6. The van der Waals surface area contributed by atoms with Crippen molar-refractivity contribution in [1.29, 1.82) is 0 Å². The minimum absolute atomic E-state index is 0.0255. The van der Waals surface area contributed by atoms with Crippen LogP contribution in [0, 0.1) is 5.92 Å². The maximum Gasteiger partial charge on any atom is 0.411 e. The molecule has 2 saturated heterocycles. The quantitative estimate of drug-likeness (QED) is 0.0434. The number of carbonyl (C=O) groups is 7. The van der Waals surface area contributed by atoms with Gasteiger partial charge in [0.2, 0.25) is 11.8 Å². The first-order valence-corrected chi connectivity index (χ1v) is 23.7. The Bertz CT molecular complexity index is 2450. The summed E-state index contributed by atoms with van der Waals surface area (Å²) in [5.41, 5.74) is 1.00. The van der Waals surface area contributed by atoms with Gasteiger partial charge in [0, 0.05) is 37.3 Å². The van der Waals surface area contributed by atoms with E-state index in [1.165, 1.54) is 61.3 Å². The van der Waals surface area contributed by atoms with Gasteiger partial charge in [-0.1, -0.05) is 38.6 Å². The van der Waals surface area contributed by atoms with E-state index in [2.05, 4.69) is 33.2 Å². The number of methoxy groups -OCH3 is 2. The lowest BCUT2D eigenvalue weighted by Gasteiger charge is -2.25. The monoisotopic (exact) mass is 1020 g/mol. The number of hydrogen-bond acceptors (Lipinski definition) is 15. The lowest BCUT2D eigenvalue weighted by molar-refractivity contribution is -0.128. The van der Waals surface area contributed by atoms with Crippen LogP contribution in [-0.2, 0) is 25.7 Å². The van der Waals surface area contributed by atoms with E-state index >= 15 is 0 Å². The van der Waals surface area contributed by atoms with E-state index in [0.29, 0.717) is 50.0 Å². The normalized spacial score (nSPS) is 15.8. The Morgan fingerprint density at radius 1 is 0.699 bits per heavy atom. The summed E-state index contributed by atoms with van der Waals surface area (Å²) in [6.45, 7) is 8.52. The largest absolute Gasteiger partial charge is 0.493 e. The van der Waals surface area contributed by atoms with Crippen LogP contribution in [0.2, 0.25) is 0 Å². The third kappa shape index (κ3) is 15.4. The number of nitrogens with one attached hydrogen (secondary N) is 5. The molecule has 0 unspecified atom stereocenters. The molecule has 2 aliphatic rings. The fourth-order valence-electron chi connectivity index (χ4n) is 8.10. The number of carboxylic acid groups (broad SMARTS) is 1. The predicted octanol–water partition coefficient (Wildman–Crippen LogP) is 4.96. The van der Waals surface area contributed by atoms with Crippen molar-refractivity contribution in [3.05, 3.63) is 77.9 Å². The molecule has 0 spiro atoms. The second-order valence-electron chi connectivity index (χ2n) is 17.4. The molecule has 0 radical (unpaired) electrons. The van der Waals surface area contributed by atoms with Crippen molar-refractivity contribution in [2.45, 2.75) is 83.6 Å². The third-order valence-corrected chi connectivity index (χ3v) is 11.9. The molecule has 0 bridgehead atoms. The molecular weight excluding hydrogens is 955 g/mol. The van der Waals surface area contributed by atoms with Gasteiger partial charge in [-0.25, -0.2) is 14.4 Å². The maximum absolute atomic E-state index is 14.0. The van der Waals surface area contributed by atoms with Crippen molar-refractivity contribution >= 4 is 59.0 Å². The Morgan fingerprint density at radius 3 is 1.71 bits per heavy atom. The van der Waals surface area contributed by atoms with E-state index in [1.54, 1.807) is 38.1 Å². The zero-order valence-corrected chi connectivity index (χ0v) is 41.5. The third-order valence-electron chi connectivity index (χ3n) is 11.9. The Kier molecular flexibility index (Phi) is 20.9. The van der Waals surface area contributed by atoms with Gasteiger partial charge in [-0.3, -0.25) is 29.8 Å². The fraction of sp³-hybridized carbons (Fsp3) is 0.460. The van der Waals surface area contributed by atoms with Crippen molar-refractivity contribution in [2.75, 3.05) is 76.3 Å². The lowest BCUT2D eigenvalue weighted by Crippen LogP contribution is -2.53. The highest BCUT2D eigenvalue weighted by Crippen LogP contribution is 2.37. The number of anilines is 3. The van der Waals surface area contributed by atoms with E-state index in [1.807, 2.05) is 0 Å². The number of hydrogen-bond donors (Lipinski definition) is 8. The number of aliphatic hydroxyl groups is 2. The van der Waals surface area contributed by atoms with Gasteiger partial charge >= 0.3 is 18.3 Å². The van der Waals surface area contributed by atoms with Crippen LogP contribution in [0.1, 0.15) is 79.2 Å². The van der Waals surface area contributed by atoms with Gasteiger partial charge in [0.1, 0.15) is 25.3 Å². The van der Waals surface area contributed by atoms with E-state index in [4.69, 9.17) is 28.4 Å². The predicted molar refractivity (Wildman–Crippen MR) is 265 cm³/mol. The average Bonchev–Trinajstić information content (AvgIpc) is 4.07. The van der Waals surface area contributed by atoms with E-state index in [0.717, 1.165) is 0 Å². The SMILES string of the molecule is C=CCOC(=O)N[C@H](C(=O)N[C@@H](C)C(=O)Nc1ccc(COC(=O)Nc2cc(OCCCOc3cc(NC(=O)O)c(C(=O)N4CCC[C@H]4CO)cc3OC)c(OC)cc2C(=O)N2CCC[C@H]2CO)cc1)C(C)C. The second kappa shape index (κ2) is 27.1. The summed E-state index contributed by atoms with van der Waals surface area (Å²) in [6, 6.07) is 9.17. The minimum Gasteiger partial charge on any atom is -0.493 e. The molecular formula is C50H65N7O16. The van der Waals surface area contributed by atoms with E-state index < -0.39 is 66.1 Å².